The van der Waals surface area contributed by atoms with E-state index in [1.165, 1.54) is 19.5 Å². The van der Waals surface area contributed by atoms with Gasteiger partial charge in [-0.15, -0.1) is 0 Å². The van der Waals surface area contributed by atoms with Gasteiger partial charge >= 0.3 is 5.97 Å². The molecule has 2 aromatic heterocycles. The molecule has 7 nitrogen and oxygen atoms in total. The van der Waals surface area contributed by atoms with Crippen LogP contribution in [-0.4, -0.2) is 38.1 Å². The van der Waals surface area contributed by atoms with Crippen molar-refractivity contribution < 1.29 is 14.6 Å². The molecular formula is C14H12N4O3. The number of carbonyl (C=O) groups is 1. The summed E-state index contributed by atoms with van der Waals surface area (Å²) in [5, 5.41) is 9.26. The molecule has 0 amide bonds. The highest BCUT2D eigenvalue weighted by Crippen LogP contribution is 2.28. The third kappa shape index (κ3) is 2.18. The second kappa shape index (κ2) is 4.86. The van der Waals surface area contributed by atoms with Gasteiger partial charge in [-0.1, -0.05) is 0 Å². The number of benzene rings is 1. The lowest BCUT2D eigenvalue weighted by molar-refractivity contribution is 0.0693. The molecule has 3 aromatic rings. The van der Waals surface area contributed by atoms with Crippen LogP contribution in [0.3, 0.4) is 0 Å². The monoisotopic (exact) mass is 284 g/mol. The average molecular weight is 284 g/mol. The van der Waals surface area contributed by atoms with Crippen LogP contribution in [0.1, 0.15) is 16.2 Å². The first-order chi connectivity index (χ1) is 10.1. The first-order valence-corrected chi connectivity index (χ1v) is 6.19. The summed E-state index contributed by atoms with van der Waals surface area (Å²) >= 11 is 0. The quantitative estimate of drug-likeness (QED) is 0.763. The molecule has 2 heterocycles. The molecule has 3 rings (SSSR count). The number of nitrogens with zero attached hydrogens (tertiary/aromatic N) is 3. The molecule has 0 spiro atoms. The molecule has 106 valence electrons. The van der Waals surface area contributed by atoms with Crippen LogP contribution in [0.4, 0.5) is 0 Å². The van der Waals surface area contributed by atoms with Crippen LogP contribution >= 0.6 is 0 Å². The Hall–Kier alpha value is -2.96. The van der Waals surface area contributed by atoms with Crippen LogP contribution in [-0.2, 0) is 0 Å². The number of nitrogens with one attached hydrogen (secondary N) is 1. The lowest BCUT2D eigenvalue weighted by atomic mass is 10.1. The number of imidazole rings is 1. The van der Waals surface area contributed by atoms with Crippen LogP contribution in [0.5, 0.6) is 5.75 Å². The summed E-state index contributed by atoms with van der Waals surface area (Å²) in [7, 11) is 1.43. The first-order valence-electron chi connectivity index (χ1n) is 6.19. The molecule has 0 saturated heterocycles. The van der Waals surface area contributed by atoms with E-state index in [2.05, 4.69) is 19.9 Å². The van der Waals surface area contributed by atoms with Crippen molar-refractivity contribution in [2.24, 2.45) is 0 Å². The molecule has 0 saturated carbocycles. The number of carboxylic acids is 1. The standard InChI is InChI=1S/C14H12N4O3/c1-7-17-11(12-13(18-7)16-6-15-12)8-3-4-10(21-2)9(5-8)14(19)20/h3-6H,1-2H3,(H,19,20)(H,15,16,17,18). The van der Waals surface area contributed by atoms with E-state index < -0.39 is 5.97 Å². The van der Waals surface area contributed by atoms with Crippen molar-refractivity contribution in [1.82, 2.24) is 19.9 Å². The van der Waals surface area contributed by atoms with E-state index in [0.29, 0.717) is 34.0 Å². The van der Waals surface area contributed by atoms with E-state index >= 15 is 0 Å². The van der Waals surface area contributed by atoms with E-state index in [4.69, 9.17) is 4.74 Å². The zero-order valence-corrected chi connectivity index (χ0v) is 11.4. The van der Waals surface area contributed by atoms with Crippen LogP contribution in [0.25, 0.3) is 22.4 Å². The highest BCUT2D eigenvalue weighted by Gasteiger charge is 2.16. The number of aryl methyl sites for hydroxylation is 1. The van der Waals surface area contributed by atoms with Gasteiger partial charge in [-0.25, -0.2) is 19.7 Å². The average Bonchev–Trinajstić information content (AvgIpc) is 2.93. The van der Waals surface area contributed by atoms with Gasteiger partial charge in [0, 0.05) is 5.56 Å². The molecular weight excluding hydrogens is 272 g/mol. The Morgan fingerprint density at radius 3 is 2.86 bits per heavy atom. The fraction of sp³-hybridized carbons (Fsp3) is 0.143. The number of carboxylic acid groups (broad SMARTS) is 1. The zero-order chi connectivity index (χ0) is 15.0. The molecule has 2 N–H and O–H groups in total. The van der Waals surface area contributed by atoms with Gasteiger partial charge in [-0.2, -0.15) is 0 Å². The summed E-state index contributed by atoms with van der Waals surface area (Å²) < 4.78 is 5.06. The second-order valence-electron chi connectivity index (χ2n) is 4.44. The molecule has 0 bridgehead atoms. The van der Waals surface area contributed by atoms with Crippen molar-refractivity contribution in [3.05, 3.63) is 35.9 Å². The molecule has 0 atom stereocenters. The van der Waals surface area contributed by atoms with Crippen molar-refractivity contribution in [3.63, 3.8) is 0 Å². The summed E-state index contributed by atoms with van der Waals surface area (Å²) in [5.41, 5.74) is 2.57. The maximum Gasteiger partial charge on any atom is 0.339 e. The molecule has 1 aromatic carbocycles. The third-order valence-electron chi connectivity index (χ3n) is 3.10. The van der Waals surface area contributed by atoms with Crippen molar-refractivity contribution in [2.45, 2.75) is 6.92 Å². The van der Waals surface area contributed by atoms with Crippen LogP contribution < -0.4 is 4.74 Å². The minimum absolute atomic E-state index is 0.0823. The van der Waals surface area contributed by atoms with Crippen molar-refractivity contribution in [1.29, 1.82) is 0 Å². The largest absolute Gasteiger partial charge is 0.496 e. The lowest BCUT2D eigenvalue weighted by Crippen LogP contribution is -2.01. The van der Waals surface area contributed by atoms with Crippen LogP contribution in [0, 0.1) is 6.92 Å². The summed E-state index contributed by atoms with van der Waals surface area (Å²) in [6, 6.07) is 4.90. The number of fused-ring (bicyclic) bond motifs is 1. The van der Waals surface area contributed by atoms with Gasteiger partial charge in [0.15, 0.2) is 5.65 Å². The molecule has 21 heavy (non-hydrogen) atoms. The minimum Gasteiger partial charge on any atom is -0.496 e. The number of aromatic nitrogens is 4. The van der Waals surface area contributed by atoms with E-state index in [1.54, 1.807) is 19.1 Å². The van der Waals surface area contributed by atoms with Crippen LogP contribution in [0.2, 0.25) is 0 Å². The summed E-state index contributed by atoms with van der Waals surface area (Å²) in [6.07, 6.45) is 1.53. The number of ether oxygens (including phenoxy) is 1. The van der Waals surface area contributed by atoms with E-state index in [9.17, 15) is 9.90 Å². The summed E-state index contributed by atoms with van der Waals surface area (Å²) in [4.78, 5) is 27.0. The number of aromatic amines is 1. The predicted octanol–water partition coefficient (Wildman–Crippen LogP) is 2.04. The van der Waals surface area contributed by atoms with Crippen molar-refractivity contribution >= 4 is 17.1 Å². The Morgan fingerprint density at radius 2 is 2.14 bits per heavy atom. The Balaban J connectivity index is 2.25. The van der Waals surface area contributed by atoms with Crippen LogP contribution in [0.15, 0.2) is 24.5 Å². The Bertz CT molecular complexity index is 841. The minimum atomic E-state index is -1.06. The summed E-state index contributed by atoms with van der Waals surface area (Å²) in [5.74, 6) is -0.185. The number of methoxy groups -OCH3 is 1. The summed E-state index contributed by atoms with van der Waals surface area (Å²) in [6.45, 7) is 1.76. The fourth-order valence-electron chi connectivity index (χ4n) is 2.17. The number of rotatable bonds is 3. The molecule has 7 heteroatoms. The van der Waals surface area contributed by atoms with Gasteiger partial charge in [0.25, 0.3) is 0 Å². The maximum absolute atomic E-state index is 11.3. The van der Waals surface area contributed by atoms with Crippen molar-refractivity contribution in [2.75, 3.05) is 7.11 Å². The zero-order valence-electron chi connectivity index (χ0n) is 11.4. The van der Waals surface area contributed by atoms with Gasteiger partial charge in [-0.05, 0) is 25.1 Å². The molecule has 0 unspecified atom stereocenters. The Morgan fingerprint density at radius 1 is 1.33 bits per heavy atom. The van der Waals surface area contributed by atoms with E-state index in [1.807, 2.05) is 0 Å². The Labute approximate surface area is 119 Å². The predicted molar refractivity (Wildman–Crippen MR) is 75.4 cm³/mol. The van der Waals surface area contributed by atoms with Gasteiger partial charge in [0.1, 0.15) is 22.7 Å². The molecule has 0 aliphatic rings. The van der Waals surface area contributed by atoms with Gasteiger partial charge in [0.2, 0.25) is 0 Å². The van der Waals surface area contributed by atoms with Gasteiger partial charge in [-0.3, -0.25) is 0 Å². The molecule has 0 aliphatic heterocycles. The van der Waals surface area contributed by atoms with Gasteiger partial charge in [0.05, 0.1) is 19.1 Å². The second-order valence-corrected chi connectivity index (χ2v) is 4.44. The molecule has 0 aliphatic carbocycles. The highest BCUT2D eigenvalue weighted by molar-refractivity contribution is 5.94. The van der Waals surface area contributed by atoms with Crippen molar-refractivity contribution in [3.8, 4) is 17.0 Å². The maximum atomic E-state index is 11.3. The van der Waals surface area contributed by atoms with E-state index in [-0.39, 0.29) is 5.56 Å². The molecule has 0 radical (unpaired) electrons. The lowest BCUT2D eigenvalue weighted by Gasteiger charge is -2.08. The smallest absolute Gasteiger partial charge is 0.339 e. The number of hydrogen-bond donors (Lipinski definition) is 2. The number of H-pyrrole nitrogens is 1. The normalized spacial score (nSPS) is 10.8. The molecule has 0 fully saturated rings. The van der Waals surface area contributed by atoms with Gasteiger partial charge < -0.3 is 14.8 Å². The Kier molecular flexibility index (Phi) is 3.02. The first kappa shape index (κ1) is 13.0. The topological polar surface area (TPSA) is 101 Å². The third-order valence-corrected chi connectivity index (χ3v) is 3.10. The SMILES string of the molecule is COc1ccc(-c2nc(C)nc3nc[nH]c23)cc1C(=O)O. The number of aromatic carboxylic acids is 1. The fourth-order valence-corrected chi connectivity index (χ4v) is 2.17. The van der Waals surface area contributed by atoms with E-state index in [0.717, 1.165) is 0 Å². The number of hydrogen-bond acceptors (Lipinski definition) is 5. The highest BCUT2D eigenvalue weighted by atomic mass is 16.5.